The second kappa shape index (κ2) is 7.23. The van der Waals surface area contributed by atoms with Crippen LogP contribution in [0, 0.1) is 6.92 Å². The summed E-state index contributed by atoms with van der Waals surface area (Å²) in [7, 11) is 1.67. The molecule has 2 aliphatic rings. The first kappa shape index (κ1) is 18.6. The topological polar surface area (TPSA) is 74.1 Å². The number of nitrogens with one attached hydrogen (secondary N) is 1. The molecule has 1 N–H and O–H groups in total. The van der Waals surface area contributed by atoms with E-state index in [0.717, 1.165) is 45.0 Å². The number of nitrogens with zero attached hydrogens (tertiary/aromatic N) is 4. The van der Waals surface area contributed by atoms with Gasteiger partial charge >= 0.3 is 0 Å². The van der Waals surface area contributed by atoms with Gasteiger partial charge in [0.05, 0.1) is 12.8 Å². The molecule has 2 atom stereocenters. The molecule has 0 fully saturated rings. The molecule has 2 aromatic carbocycles. The third-order valence-electron chi connectivity index (χ3n) is 5.99. The zero-order valence-electron chi connectivity index (χ0n) is 17.7. The van der Waals surface area contributed by atoms with Crippen molar-refractivity contribution in [3.63, 3.8) is 0 Å². The second-order valence-corrected chi connectivity index (χ2v) is 7.94. The number of hydrogen-bond acceptors (Lipinski definition) is 6. The van der Waals surface area contributed by atoms with Crippen molar-refractivity contribution >= 4 is 11.6 Å². The number of anilines is 1. The Labute approximate surface area is 185 Å². The van der Waals surface area contributed by atoms with Crippen LogP contribution in [0.2, 0.25) is 0 Å². The maximum Gasteiger partial charge on any atom is 0.226 e. The lowest BCUT2D eigenvalue weighted by Gasteiger charge is -2.39. The number of aryl methyl sites for hydroxylation is 1. The van der Waals surface area contributed by atoms with Crippen molar-refractivity contribution < 1.29 is 9.47 Å². The molecule has 4 heterocycles. The first-order chi connectivity index (χ1) is 15.7. The van der Waals surface area contributed by atoms with Crippen LogP contribution in [0.3, 0.4) is 0 Å². The van der Waals surface area contributed by atoms with Gasteiger partial charge in [0.25, 0.3) is 0 Å². The molecular weight excluding hydrogens is 402 g/mol. The van der Waals surface area contributed by atoms with Crippen molar-refractivity contribution in [1.82, 2.24) is 19.7 Å². The Hall–Kier alpha value is -4.13. The summed E-state index contributed by atoms with van der Waals surface area (Å²) in [6, 6.07) is 18.1. The quantitative estimate of drug-likeness (QED) is 0.521. The molecule has 32 heavy (non-hydrogen) atoms. The van der Waals surface area contributed by atoms with E-state index in [4.69, 9.17) is 9.47 Å². The van der Waals surface area contributed by atoms with Gasteiger partial charge in [0.15, 0.2) is 0 Å². The first-order valence-electron chi connectivity index (χ1n) is 10.4. The van der Waals surface area contributed by atoms with Crippen LogP contribution in [0.15, 0.2) is 78.9 Å². The fraction of sp³-hybridized carbons (Fsp3) is 0.160. The highest BCUT2D eigenvalue weighted by atomic mass is 16.5. The van der Waals surface area contributed by atoms with E-state index in [1.807, 2.05) is 47.3 Å². The van der Waals surface area contributed by atoms with Crippen molar-refractivity contribution in [2.75, 3.05) is 12.4 Å². The third-order valence-corrected chi connectivity index (χ3v) is 5.99. The summed E-state index contributed by atoms with van der Waals surface area (Å²) in [5.41, 5.74) is 6.31. The highest BCUT2D eigenvalue weighted by Crippen LogP contribution is 2.50. The molecular formula is C25H21N5O2. The lowest BCUT2D eigenvalue weighted by atomic mass is 9.85. The summed E-state index contributed by atoms with van der Waals surface area (Å²) in [6.45, 7) is 2.08. The molecule has 0 amide bonds. The van der Waals surface area contributed by atoms with Gasteiger partial charge in [-0.05, 0) is 48.4 Å². The Kier molecular flexibility index (Phi) is 4.21. The van der Waals surface area contributed by atoms with Crippen LogP contribution in [-0.2, 0) is 0 Å². The largest absolute Gasteiger partial charge is 0.497 e. The zero-order valence-corrected chi connectivity index (χ0v) is 17.7. The first-order valence-corrected chi connectivity index (χ1v) is 10.4. The van der Waals surface area contributed by atoms with Crippen LogP contribution < -0.4 is 14.8 Å². The van der Waals surface area contributed by atoms with Crippen molar-refractivity contribution in [2.45, 2.75) is 19.1 Å². The molecule has 0 saturated heterocycles. The van der Waals surface area contributed by atoms with Crippen molar-refractivity contribution in [3.8, 4) is 11.5 Å². The monoisotopic (exact) mass is 423 g/mol. The molecule has 6 rings (SSSR count). The minimum atomic E-state index is -0.318. The number of methoxy groups -OCH3 is 1. The van der Waals surface area contributed by atoms with Crippen LogP contribution >= 0.6 is 0 Å². The molecule has 0 saturated carbocycles. The predicted molar refractivity (Wildman–Crippen MR) is 120 cm³/mol. The number of benzene rings is 2. The maximum atomic E-state index is 6.64. The van der Waals surface area contributed by atoms with E-state index in [2.05, 4.69) is 45.5 Å². The minimum Gasteiger partial charge on any atom is -0.497 e. The molecule has 158 valence electrons. The number of fused-ring (bicyclic) bond motifs is 3. The van der Waals surface area contributed by atoms with E-state index < -0.39 is 0 Å². The van der Waals surface area contributed by atoms with Gasteiger partial charge in [-0.2, -0.15) is 10.1 Å². The van der Waals surface area contributed by atoms with Gasteiger partial charge in [-0.3, -0.25) is 4.98 Å². The average molecular weight is 423 g/mol. The van der Waals surface area contributed by atoms with Crippen LogP contribution in [0.25, 0.3) is 5.70 Å². The Morgan fingerprint density at radius 1 is 1.06 bits per heavy atom. The summed E-state index contributed by atoms with van der Waals surface area (Å²) in [5, 5.41) is 8.07. The lowest BCUT2D eigenvalue weighted by molar-refractivity contribution is 0.223. The van der Waals surface area contributed by atoms with E-state index in [1.54, 1.807) is 19.6 Å². The normalized spacial score (nSPS) is 18.7. The summed E-state index contributed by atoms with van der Waals surface area (Å²) in [4.78, 5) is 8.84. The Bertz CT molecular complexity index is 1330. The standard InChI is InChI=1S/C25H21N5O2/c1-15-5-10-20-19(12-15)22-21(24(32-20)16-6-8-18(31-2)9-7-16)23(17-4-3-11-26-13-17)30-25(29-22)27-14-28-30/h3-14,23-24H,1-2H3,(H,27,28,29)/t23-,24+/m0/s1. The summed E-state index contributed by atoms with van der Waals surface area (Å²) in [6.07, 6.45) is 4.91. The second-order valence-electron chi connectivity index (χ2n) is 7.94. The van der Waals surface area contributed by atoms with Gasteiger partial charge in [0.2, 0.25) is 5.95 Å². The highest BCUT2D eigenvalue weighted by Gasteiger charge is 2.41. The van der Waals surface area contributed by atoms with E-state index in [1.165, 1.54) is 0 Å². The zero-order chi connectivity index (χ0) is 21.7. The molecule has 2 aliphatic heterocycles. The molecule has 7 heteroatoms. The molecule has 0 unspecified atom stereocenters. The van der Waals surface area contributed by atoms with Crippen LogP contribution in [0.1, 0.15) is 34.4 Å². The fourth-order valence-electron chi connectivity index (χ4n) is 4.50. The van der Waals surface area contributed by atoms with Crippen molar-refractivity contribution in [1.29, 1.82) is 0 Å². The molecule has 0 aliphatic carbocycles. The summed E-state index contributed by atoms with van der Waals surface area (Å²) >= 11 is 0. The fourth-order valence-corrected chi connectivity index (χ4v) is 4.50. The summed E-state index contributed by atoms with van der Waals surface area (Å²) in [5.74, 6) is 2.33. The van der Waals surface area contributed by atoms with E-state index in [0.29, 0.717) is 5.95 Å². The minimum absolute atomic E-state index is 0.210. The highest BCUT2D eigenvalue weighted by molar-refractivity contribution is 5.85. The number of aromatic nitrogens is 4. The van der Waals surface area contributed by atoms with Crippen molar-refractivity contribution in [3.05, 3.63) is 101 Å². The number of rotatable bonds is 3. The molecule has 0 spiro atoms. The molecule has 0 radical (unpaired) electrons. The van der Waals surface area contributed by atoms with Crippen LogP contribution in [0.5, 0.6) is 11.5 Å². The smallest absolute Gasteiger partial charge is 0.226 e. The third kappa shape index (κ3) is 2.85. The van der Waals surface area contributed by atoms with Gasteiger partial charge in [0, 0.05) is 23.5 Å². The predicted octanol–water partition coefficient (Wildman–Crippen LogP) is 4.55. The summed E-state index contributed by atoms with van der Waals surface area (Å²) < 4.78 is 13.9. The van der Waals surface area contributed by atoms with Crippen molar-refractivity contribution in [2.24, 2.45) is 0 Å². The molecule has 7 nitrogen and oxygen atoms in total. The van der Waals surface area contributed by atoms with E-state index in [-0.39, 0.29) is 12.1 Å². The van der Waals surface area contributed by atoms with E-state index >= 15 is 0 Å². The van der Waals surface area contributed by atoms with E-state index in [9.17, 15) is 0 Å². The van der Waals surface area contributed by atoms with Gasteiger partial charge in [-0.25, -0.2) is 4.68 Å². The van der Waals surface area contributed by atoms with Crippen LogP contribution in [-0.4, -0.2) is 26.9 Å². The van der Waals surface area contributed by atoms with Gasteiger partial charge < -0.3 is 14.8 Å². The van der Waals surface area contributed by atoms with Gasteiger partial charge in [-0.15, -0.1) is 0 Å². The SMILES string of the molecule is COc1ccc([C@H]2Oc3ccc(C)cc3C3=C2[C@H](c2cccnc2)n2ncnc2N3)cc1. The molecule has 0 bridgehead atoms. The number of hydrogen-bond donors (Lipinski definition) is 1. The Morgan fingerprint density at radius 2 is 1.94 bits per heavy atom. The van der Waals surface area contributed by atoms with Crippen LogP contribution in [0.4, 0.5) is 5.95 Å². The average Bonchev–Trinajstić information content (AvgIpc) is 3.31. The Balaban J connectivity index is 1.61. The molecule has 2 aromatic heterocycles. The van der Waals surface area contributed by atoms with Gasteiger partial charge in [0.1, 0.15) is 30.0 Å². The van der Waals surface area contributed by atoms with Gasteiger partial charge in [-0.1, -0.05) is 29.8 Å². The number of pyridine rings is 1. The maximum absolute atomic E-state index is 6.64. The number of ether oxygens (including phenoxy) is 2. The molecule has 4 aromatic rings. The Morgan fingerprint density at radius 3 is 2.72 bits per heavy atom. The lowest BCUT2D eigenvalue weighted by Crippen LogP contribution is -2.32.